The molecule has 0 spiro atoms. The summed E-state index contributed by atoms with van der Waals surface area (Å²) in [5.41, 5.74) is 0. The molecule has 1 atom stereocenters. The highest BCUT2D eigenvalue weighted by Crippen LogP contribution is 2.19. The SMILES string of the molecule is CCCN(C(=O)CC(C)CC(C)C)C1CCNCC1. The van der Waals surface area contributed by atoms with Gasteiger partial charge in [0.25, 0.3) is 0 Å². The van der Waals surface area contributed by atoms with Gasteiger partial charge in [-0.2, -0.15) is 0 Å². The maximum atomic E-state index is 12.5. The molecule has 1 heterocycles. The van der Waals surface area contributed by atoms with Crippen LogP contribution in [0.25, 0.3) is 0 Å². The van der Waals surface area contributed by atoms with Gasteiger partial charge in [-0.3, -0.25) is 4.79 Å². The fraction of sp³-hybridized carbons (Fsp3) is 0.938. The van der Waals surface area contributed by atoms with E-state index in [0.29, 0.717) is 23.8 Å². The first-order chi connectivity index (χ1) is 9.04. The Hall–Kier alpha value is -0.570. The van der Waals surface area contributed by atoms with Gasteiger partial charge in [0.05, 0.1) is 0 Å². The minimum Gasteiger partial charge on any atom is -0.340 e. The van der Waals surface area contributed by atoms with Crippen molar-refractivity contribution in [3.8, 4) is 0 Å². The number of carbonyl (C=O) groups excluding carboxylic acids is 1. The van der Waals surface area contributed by atoms with E-state index in [0.717, 1.165) is 51.7 Å². The zero-order chi connectivity index (χ0) is 14.3. The lowest BCUT2D eigenvalue weighted by molar-refractivity contribution is -0.135. The molecule has 3 nitrogen and oxygen atoms in total. The molecule has 112 valence electrons. The van der Waals surface area contributed by atoms with Gasteiger partial charge in [-0.15, -0.1) is 0 Å². The molecule has 1 N–H and O–H groups in total. The molecular weight excluding hydrogens is 236 g/mol. The van der Waals surface area contributed by atoms with Crippen LogP contribution in [-0.4, -0.2) is 36.5 Å². The van der Waals surface area contributed by atoms with Crippen molar-refractivity contribution in [2.24, 2.45) is 11.8 Å². The number of nitrogens with one attached hydrogen (secondary N) is 1. The van der Waals surface area contributed by atoms with Gasteiger partial charge in [0.1, 0.15) is 0 Å². The number of rotatable bonds is 7. The van der Waals surface area contributed by atoms with Gasteiger partial charge in [-0.05, 0) is 50.6 Å². The van der Waals surface area contributed by atoms with Crippen molar-refractivity contribution >= 4 is 5.91 Å². The lowest BCUT2D eigenvalue weighted by atomic mass is 9.94. The average Bonchev–Trinajstić information content (AvgIpc) is 2.35. The van der Waals surface area contributed by atoms with E-state index in [4.69, 9.17) is 0 Å². The first-order valence-corrected chi connectivity index (χ1v) is 8.04. The van der Waals surface area contributed by atoms with Crippen LogP contribution in [0.15, 0.2) is 0 Å². The predicted octanol–water partition coefficient (Wildman–Crippen LogP) is 3.05. The first kappa shape index (κ1) is 16.5. The predicted molar refractivity (Wildman–Crippen MR) is 81.1 cm³/mol. The molecule has 0 bridgehead atoms. The van der Waals surface area contributed by atoms with E-state index in [2.05, 4.69) is 37.9 Å². The topological polar surface area (TPSA) is 32.3 Å². The van der Waals surface area contributed by atoms with Crippen LogP contribution in [0.5, 0.6) is 0 Å². The van der Waals surface area contributed by atoms with Gasteiger partial charge in [-0.1, -0.05) is 27.7 Å². The van der Waals surface area contributed by atoms with E-state index in [1.807, 2.05) is 0 Å². The van der Waals surface area contributed by atoms with Gasteiger partial charge in [0.2, 0.25) is 5.91 Å². The van der Waals surface area contributed by atoms with Crippen molar-refractivity contribution in [2.75, 3.05) is 19.6 Å². The Morgan fingerprint density at radius 2 is 1.89 bits per heavy atom. The Kier molecular flexibility index (Phi) is 7.44. The third-order valence-electron chi connectivity index (χ3n) is 3.93. The molecule has 1 rings (SSSR count). The normalized spacial score (nSPS) is 18.6. The molecular formula is C16H32N2O. The number of amides is 1. The van der Waals surface area contributed by atoms with E-state index in [9.17, 15) is 4.79 Å². The van der Waals surface area contributed by atoms with Crippen molar-refractivity contribution in [3.63, 3.8) is 0 Å². The summed E-state index contributed by atoms with van der Waals surface area (Å²) in [6.45, 7) is 11.9. The monoisotopic (exact) mass is 268 g/mol. The number of piperidine rings is 1. The van der Waals surface area contributed by atoms with Crippen LogP contribution in [0.4, 0.5) is 0 Å². The molecule has 0 aromatic heterocycles. The smallest absolute Gasteiger partial charge is 0.223 e. The lowest BCUT2D eigenvalue weighted by Gasteiger charge is -2.35. The second-order valence-corrected chi connectivity index (χ2v) is 6.51. The minimum absolute atomic E-state index is 0.377. The molecule has 0 aromatic carbocycles. The van der Waals surface area contributed by atoms with Crippen LogP contribution in [0.3, 0.4) is 0 Å². The Balaban J connectivity index is 2.51. The summed E-state index contributed by atoms with van der Waals surface area (Å²) in [5.74, 6) is 1.57. The quantitative estimate of drug-likeness (QED) is 0.769. The summed E-state index contributed by atoms with van der Waals surface area (Å²) >= 11 is 0. The average molecular weight is 268 g/mol. The number of hydrogen-bond donors (Lipinski definition) is 1. The van der Waals surface area contributed by atoms with Gasteiger partial charge in [0, 0.05) is 19.0 Å². The Morgan fingerprint density at radius 3 is 2.42 bits per heavy atom. The molecule has 0 aliphatic carbocycles. The maximum absolute atomic E-state index is 12.5. The van der Waals surface area contributed by atoms with Crippen molar-refractivity contribution in [1.82, 2.24) is 10.2 Å². The second kappa shape index (κ2) is 8.57. The molecule has 1 saturated heterocycles. The molecule has 1 unspecified atom stereocenters. The van der Waals surface area contributed by atoms with E-state index in [1.165, 1.54) is 0 Å². The van der Waals surface area contributed by atoms with Crippen LogP contribution >= 0.6 is 0 Å². The minimum atomic E-state index is 0.377. The summed E-state index contributed by atoms with van der Waals surface area (Å²) in [6.07, 6.45) is 5.17. The van der Waals surface area contributed by atoms with Crippen LogP contribution in [0.1, 0.15) is 59.8 Å². The molecule has 0 saturated carbocycles. The maximum Gasteiger partial charge on any atom is 0.223 e. The van der Waals surface area contributed by atoms with Gasteiger partial charge in [-0.25, -0.2) is 0 Å². The summed E-state index contributed by atoms with van der Waals surface area (Å²) in [7, 11) is 0. The first-order valence-electron chi connectivity index (χ1n) is 8.04. The van der Waals surface area contributed by atoms with Crippen LogP contribution in [-0.2, 0) is 4.79 Å². The standard InChI is InChI=1S/C16H32N2O/c1-5-10-18(15-6-8-17-9-7-15)16(19)12-14(4)11-13(2)3/h13-15,17H,5-12H2,1-4H3. The summed E-state index contributed by atoms with van der Waals surface area (Å²) in [6, 6.07) is 0.472. The summed E-state index contributed by atoms with van der Waals surface area (Å²) < 4.78 is 0. The molecule has 19 heavy (non-hydrogen) atoms. The van der Waals surface area contributed by atoms with Gasteiger partial charge >= 0.3 is 0 Å². The molecule has 0 aromatic rings. The van der Waals surface area contributed by atoms with E-state index >= 15 is 0 Å². The highest BCUT2D eigenvalue weighted by molar-refractivity contribution is 5.76. The number of carbonyl (C=O) groups is 1. The van der Waals surface area contributed by atoms with E-state index in [1.54, 1.807) is 0 Å². The molecule has 3 heteroatoms. The third kappa shape index (κ3) is 5.94. The third-order valence-corrected chi connectivity index (χ3v) is 3.93. The van der Waals surface area contributed by atoms with Gasteiger partial charge in [0.15, 0.2) is 0 Å². The van der Waals surface area contributed by atoms with Crippen LogP contribution in [0.2, 0.25) is 0 Å². The molecule has 1 aliphatic rings. The van der Waals surface area contributed by atoms with Crippen molar-refractivity contribution < 1.29 is 4.79 Å². The molecule has 1 amide bonds. The fourth-order valence-electron chi connectivity index (χ4n) is 3.17. The highest BCUT2D eigenvalue weighted by Gasteiger charge is 2.25. The lowest BCUT2D eigenvalue weighted by Crippen LogP contribution is -2.46. The molecule has 1 fully saturated rings. The summed E-state index contributed by atoms with van der Waals surface area (Å²) in [5, 5.41) is 3.38. The van der Waals surface area contributed by atoms with Crippen molar-refractivity contribution in [3.05, 3.63) is 0 Å². The van der Waals surface area contributed by atoms with Crippen molar-refractivity contribution in [2.45, 2.75) is 65.8 Å². The van der Waals surface area contributed by atoms with Crippen LogP contribution < -0.4 is 5.32 Å². The second-order valence-electron chi connectivity index (χ2n) is 6.51. The van der Waals surface area contributed by atoms with Crippen molar-refractivity contribution in [1.29, 1.82) is 0 Å². The zero-order valence-electron chi connectivity index (χ0n) is 13.2. The number of nitrogens with zero attached hydrogens (tertiary/aromatic N) is 1. The van der Waals surface area contributed by atoms with E-state index < -0.39 is 0 Å². The Bertz CT molecular complexity index is 259. The van der Waals surface area contributed by atoms with E-state index in [-0.39, 0.29) is 0 Å². The fourth-order valence-corrected chi connectivity index (χ4v) is 3.17. The Labute approximate surface area is 119 Å². The van der Waals surface area contributed by atoms with Crippen LogP contribution in [0, 0.1) is 11.8 Å². The Morgan fingerprint density at radius 1 is 1.26 bits per heavy atom. The highest BCUT2D eigenvalue weighted by atomic mass is 16.2. The molecule has 0 radical (unpaired) electrons. The molecule has 1 aliphatic heterocycles. The number of hydrogen-bond acceptors (Lipinski definition) is 2. The summed E-state index contributed by atoms with van der Waals surface area (Å²) in [4.78, 5) is 14.7. The van der Waals surface area contributed by atoms with Gasteiger partial charge < -0.3 is 10.2 Å². The zero-order valence-corrected chi connectivity index (χ0v) is 13.2. The largest absolute Gasteiger partial charge is 0.340 e.